The number of thiophene rings is 1. The van der Waals surface area contributed by atoms with Crippen LogP contribution in [0.25, 0.3) is 26.6 Å². The molecule has 4 heterocycles. The molecule has 4 nitrogen and oxygen atoms in total. The van der Waals surface area contributed by atoms with E-state index in [1.807, 2.05) is 41.3 Å². The lowest BCUT2D eigenvalue weighted by molar-refractivity contribution is 0.840. The zero-order chi connectivity index (χ0) is 15.8. The highest BCUT2D eigenvalue weighted by Gasteiger charge is 2.15. The van der Waals surface area contributed by atoms with Crippen LogP contribution >= 0.6 is 11.3 Å². The topological polar surface area (TPSA) is 43.6 Å². The van der Waals surface area contributed by atoms with Gasteiger partial charge in [-0.3, -0.25) is 0 Å². The summed E-state index contributed by atoms with van der Waals surface area (Å²) in [6.07, 6.45) is 4.64. The second-order valence-electron chi connectivity index (χ2n) is 5.44. The minimum atomic E-state index is 0.859. The number of pyridine rings is 2. The molecule has 0 fully saturated rings. The summed E-state index contributed by atoms with van der Waals surface area (Å²) in [5, 5.41) is 5.71. The van der Waals surface area contributed by atoms with Crippen molar-refractivity contribution in [1.82, 2.24) is 19.7 Å². The van der Waals surface area contributed by atoms with Gasteiger partial charge in [0.1, 0.15) is 4.83 Å². The molecule has 5 heteroatoms. The van der Waals surface area contributed by atoms with Gasteiger partial charge in [-0.1, -0.05) is 19.1 Å². The number of rotatable bonds is 3. The van der Waals surface area contributed by atoms with Crippen molar-refractivity contribution >= 4 is 21.6 Å². The largest absolute Gasteiger partial charge is 0.245 e. The van der Waals surface area contributed by atoms with Crippen LogP contribution in [0.2, 0.25) is 0 Å². The molecular weight excluding hydrogens is 304 g/mol. The first-order chi connectivity index (χ1) is 11.3. The van der Waals surface area contributed by atoms with E-state index in [9.17, 15) is 0 Å². The second-order valence-corrected chi connectivity index (χ2v) is 6.47. The van der Waals surface area contributed by atoms with Gasteiger partial charge >= 0.3 is 0 Å². The van der Waals surface area contributed by atoms with Gasteiger partial charge in [-0.2, -0.15) is 5.10 Å². The van der Waals surface area contributed by atoms with Gasteiger partial charge in [0.2, 0.25) is 0 Å². The number of aromatic nitrogens is 4. The highest BCUT2D eigenvalue weighted by molar-refractivity contribution is 7.21. The molecule has 0 bridgehead atoms. The zero-order valence-electron chi connectivity index (χ0n) is 13.0. The standard InChI is InChI=1S/C18H16N4S/c1-3-14-7-4-8-16(21-14)22-17(12(2)11-20-22)15-10-13-6-5-9-19-18(13)23-15/h4-11H,3H2,1-2H3. The van der Waals surface area contributed by atoms with Crippen LogP contribution in [0.4, 0.5) is 0 Å². The molecule has 0 atom stereocenters. The van der Waals surface area contributed by atoms with Gasteiger partial charge in [-0.05, 0) is 43.2 Å². The van der Waals surface area contributed by atoms with E-state index in [4.69, 9.17) is 4.98 Å². The Morgan fingerprint density at radius 2 is 2.09 bits per heavy atom. The summed E-state index contributed by atoms with van der Waals surface area (Å²) in [6, 6.07) is 12.3. The SMILES string of the molecule is CCc1cccc(-n2ncc(C)c2-c2cc3cccnc3s2)n1. The Kier molecular flexibility index (Phi) is 3.42. The van der Waals surface area contributed by atoms with Crippen LogP contribution in [0.5, 0.6) is 0 Å². The lowest BCUT2D eigenvalue weighted by Crippen LogP contribution is -2.03. The number of nitrogens with zero attached hydrogens (tertiary/aromatic N) is 4. The van der Waals surface area contributed by atoms with Crippen molar-refractivity contribution < 1.29 is 0 Å². The van der Waals surface area contributed by atoms with Crippen LogP contribution in [-0.2, 0) is 6.42 Å². The number of hydrogen-bond acceptors (Lipinski definition) is 4. The average Bonchev–Trinajstić information content (AvgIpc) is 3.17. The molecule has 0 radical (unpaired) electrons. The van der Waals surface area contributed by atoms with Gasteiger partial charge in [0.15, 0.2) is 5.82 Å². The molecule has 0 spiro atoms. The fraction of sp³-hybridized carbons (Fsp3) is 0.167. The van der Waals surface area contributed by atoms with Crippen molar-refractivity contribution in [3.8, 4) is 16.4 Å². The molecule has 4 rings (SSSR count). The molecule has 4 aromatic rings. The first-order valence-electron chi connectivity index (χ1n) is 7.62. The quantitative estimate of drug-likeness (QED) is 0.561. The molecule has 0 aliphatic carbocycles. The van der Waals surface area contributed by atoms with Crippen molar-refractivity contribution in [2.24, 2.45) is 0 Å². The maximum atomic E-state index is 4.70. The minimum absolute atomic E-state index is 0.859. The summed E-state index contributed by atoms with van der Waals surface area (Å²) in [7, 11) is 0. The molecule has 4 aromatic heterocycles. The highest BCUT2D eigenvalue weighted by Crippen LogP contribution is 2.34. The molecule has 0 amide bonds. The average molecular weight is 320 g/mol. The predicted octanol–water partition coefficient (Wildman–Crippen LogP) is 4.41. The first-order valence-corrected chi connectivity index (χ1v) is 8.44. The van der Waals surface area contributed by atoms with Gasteiger partial charge < -0.3 is 0 Å². The monoisotopic (exact) mass is 320 g/mol. The van der Waals surface area contributed by atoms with Crippen LogP contribution in [-0.4, -0.2) is 19.7 Å². The molecule has 23 heavy (non-hydrogen) atoms. The summed E-state index contributed by atoms with van der Waals surface area (Å²) in [4.78, 5) is 11.4. The number of hydrogen-bond donors (Lipinski definition) is 0. The molecular formula is C18H16N4S. The zero-order valence-corrected chi connectivity index (χ0v) is 13.8. The fourth-order valence-electron chi connectivity index (χ4n) is 2.67. The van der Waals surface area contributed by atoms with Crippen molar-refractivity contribution in [2.75, 3.05) is 0 Å². The van der Waals surface area contributed by atoms with Crippen LogP contribution in [0.1, 0.15) is 18.2 Å². The maximum absolute atomic E-state index is 4.70. The fourth-order valence-corrected chi connectivity index (χ4v) is 3.77. The van der Waals surface area contributed by atoms with E-state index in [-0.39, 0.29) is 0 Å². The first kappa shape index (κ1) is 14.1. The van der Waals surface area contributed by atoms with E-state index in [0.29, 0.717) is 0 Å². The Morgan fingerprint density at radius 1 is 1.17 bits per heavy atom. The Balaban J connectivity index is 1.90. The Hall–Kier alpha value is -2.53. The molecule has 0 N–H and O–H groups in total. The van der Waals surface area contributed by atoms with Gasteiger partial charge in [0.05, 0.1) is 16.8 Å². The van der Waals surface area contributed by atoms with Gasteiger partial charge in [0, 0.05) is 17.3 Å². The maximum Gasteiger partial charge on any atom is 0.154 e. The number of fused-ring (bicyclic) bond motifs is 1. The van der Waals surface area contributed by atoms with E-state index in [1.165, 1.54) is 0 Å². The Labute approximate surface area is 138 Å². The molecule has 0 aliphatic rings. The molecule has 0 saturated carbocycles. The molecule has 114 valence electrons. The lowest BCUT2D eigenvalue weighted by Gasteiger charge is -2.07. The Bertz CT molecular complexity index is 951. The normalized spacial score (nSPS) is 11.2. The van der Waals surface area contributed by atoms with Crippen LogP contribution in [0.15, 0.2) is 48.8 Å². The molecule has 0 unspecified atom stereocenters. The highest BCUT2D eigenvalue weighted by atomic mass is 32.1. The molecule has 0 aliphatic heterocycles. The van der Waals surface area contributed by atoms with E-state index in [2.05, 4.69) is 36.1 Å². The van der Waals surface area contributed by atoms with Crippen molar-refractivity contribution in [3.05, 3.63) is 60.0 Å². The van der Waals surface area contributed by atoms with E-state index in [0.717, 1.165) is 44.3 Å². The van der Waals surface area contributed by atoms with Gasteiger partial charge in [-0.25, -0.2) is 14.6 Å². The summed E-state index contributed by atoms with van der Waals surface area (Å²) >= 11 is 1.69. The van der Waals surface area contributed by atoms with Gasteiger partial charge in [-0.15, -0.1) is 11.3 Å². The van der Waals surface area contributed by atoms with Gasteiger partial charge in [0.25, 0.3) is 0 Å². The second kappa shape index (κ2) is 5.59. The van der Waals surface area contributed by atoms with Crippen LogP contribution in [0, 0.1) is 6.92 Å². The van der Waals surface area contributed by atoms with E-state index >= 15 is 0 Å². The number of aryl methyl sites for hydroxylation is 2. The summed E-state index contributed by atoms with van der Waals surface area (Å²) < 4.78 is 1.93. The summed E-state index contributed by atoms with van der Waals surface area (Å²) in [5.74, 6) is 0.859. The predicted molar refractivity (Wildman–Crippen MR) is 94.1 cm³/mol. The van der Waals surface area contributed by atoms with Crippen molar-refractivity contribution in [1.29, 1.82) is 0 Å². The lowest BCUT2D eigenvalue weighted by atomic mass is 10.2. The van der Waals surface area contributed by atoms with Crippen LogP contribution < -0.4 is 0 Å². The Morgan fingerprint density at radius 3 is 2.91 bits per heavy atom. The smallest absolute Gasteiger partial charge is 0.154 e. The molecule has 0 aromatic carbocycles. The third kappa shape index (κ3) is 2.43. The van der Waals surface area contributed by atoms with Crippen LogP contribution in [0.3, 0.4) is 0 Å². The van der Waals surface area contributed by atoms with E-state index < -0.39 is 0 Å². The third-order valence-corrected chi connectivity index (χ3v) is 4.92. The minimum Gasteiger partial charge on any atom is -0.245 e. The summed E-state index contributed by atoms with van der Waals surface area (Å²) in [5.41, 5.74) is 3.30. The molecule has 0 saturated heterocycles. The summed E-state index contributed by atoms with van der Waals surface area (Å²) in [6.45, 7) is 4.19. The van der Waals surface area contributed by atoms with Crippen molar-refractivity contribution in [3.63, 3.8) is 0 Å². The third-order valence-electron chi connectivity index (χ3n) is 3.85. The van der Waals surface area contributed by atoms with Crippen molar-refractivity contribution in [2.45, 2.75) is 20.3 Å². The van der Waals surface area contributed by atoms with E-state index in [1.54, 1.807) is 11.3 Å².